The zero-order valence-corrected chi connectivity index (χ0v) is 20.4. The van der Waals surface area contributed by atoms with Gasteiger partial charge in [0.25, 0.3) is 11.8 Å². The number of halogens is 3. The highest BCUT2D eigenvalue weighted by Crippen LogP contribution is 2.32. The number of nitrogens with one attached hydrogen (secondary N) is 1. The zero-order chi connectivity index (χ0) is 25.8. The largest absolute Gasteiger partial charge is 0.490 e. The summed E-state index contributed by atoms with van der Waals surface area (Å²) in [5, 5.41) is 2.56. The van der Waals surface area contributed by atoms with E-state index in [9.17, 15) is 18.8 Å². The first-order valence-corrected chi connectivity index (χ1v) is 11.5. The lowest BCUT2D eigenvalue weighted by Gasteiger charge is -2.26. The number of imide groups is 2. The number of carbonyl (C=O) groups excluding carboxylic acids is 3. The van der Waals surface area contributed by atoms with Crippen molar-refractivity contribution in [1.82, 2.24) is 5.32 Å². The molecule has 3 aromatic carbocycles. The number of carbonyl (C=O) groups is 3. The van der Waals surface area contributed by atoms with E-state index in [1.165, 1.54) is 36.4 Å². The molecule has 0 radical (unpaired) electrons. The highest BCUT2D eigenvalue weighted by molar-refractivity contribution is 6.43. The van der Waals surface area contributed by atoms with Crippen molar-refractivity contribution >= 4 is 52.8 Å². The molecule has 0 aromatic heterocycles. The van der Waals surface area contributed by atoms with Crippen LogP contribution in [0, 0.1) is 5.82 Å². The summed E-state index contributed by atoms with van der Waals surface area (Å²) >= 11 is 12.0. The maximum atomic E-state index is 13.1. The molecule has 1 aliphatic heterocycles. The molecule has 1 fully saturated rings. The van der Waals surface area contributed by atoms with Gasteiger partial charge in [-0.05, 0) is 66.6 Å². The van der Waals surface area contributed by atoms with Crippen molar-refractivity contribution in [1.29, 1.82) is 0 Å². The van der Waals surface area contributed by atoms with Crippen molar-refractivity contribution in [2.75, 3.05) is 11.5 Å². The average Bonchev–Trinajstić information content (AvgIpc) is 2.84. The fourth-order valence-electron chi connectivity index (χ4n) is 3.43. The predicted octanol–water partition coefficient (Wildman–Crippen LogP) is 5.78. The molecular formula is C26H19Cl2FN2O5. The van der Waals surface area contributed by atoms with Crippen LogP contribution >= 0.6 is 23.2 Å². The van der Waals surface area contributed by atoms with Gasteiger partial charge in [-0.2, -0.15) is 0 Å². The van der Waals surface area contributed by atoms with Crippen molar-refractivity contribution in [3.8, 4) is 11.5 Å². The van der Waals surface area contributed by atoms with Crippen LogP contribution in [-0.2, 0) is 16.2 Å². The van der Waals surface area contributed by atoms with Crippen molar-refractivity contribution < 1.29 is 28.2 Å². The summed E-state index contributed by atoms with van der Waals surface area (Å²) < 4.78 is 24.6. The molecule has 3 aromatic rings. The van der Waals surface area contributed by atoms with Crippen LogP contribution in [0.3, 0.4) is 0 Å². The van der Waals surface area contributed by atoms with E-state index < -0.39 is 17.8 Å². The van der Waals surface area contributed by atoms with Crippen molar-refractivity contribution in [3.05, 3.63) is 93.2 Å². The van der Waals surface area contributed by atoms with Gasteiger partial charge in [0, 0.05) is 0 Å². The van der Waals surface area contributed by atoms with Crippen LogP contribution < -0.4 is 19.7 Å². The molecule has 0 bridgehead atoms. The lowest BCUT2D eigenvalue weighted by molar-refractivity contribution is -0.122. The van der Waals surface area contributed by atoms with Crippen LogP contribution in [0.2, 0.25) is 10.0 Å². The van der Waals surface area contributed by atoms with Crippen molar-refractivity contribution in [2.24, 2.45) is 0 Å². The van der Waals surface area contributed by atoms with Crippen LogP contribution in [0.25, 0.3) is 6.08 Å². The molecule has 36 heavy (non-hydrogen) atoms. The molecule has 1 heterocycles. The van der Waals surface area contributed by atoms with Crippen LogP contribution in [0.4, 0.5) is 14.9 Å². The second-order valence-electron chi connectivity index (χ2n) is 7.61. The minimum Gasteiger partial charge on any atom is -0.490 e. The van der Waals surface area contributed by atoms with Gasteiger partial charge in [0.05, 0.1) is 22.3 Å². The van der Waals surface area contributed by atoms with Gasteiger partial charge in [-0.3, -0.25) is 14.9 Å². The lowest BCUT2D eigenvalue weighted by Crippen LogP contribution is -2.54. The summed E-state index contributed by atoms with van der Waals surface area (Å²) in [5.41, 5.74) is 1.13. The van der Waals surface area contributed by atoms with Gasteiger partial charge in [0.1, 0.15) is 18.0 Å². The molecule has 10 heteroatoms. The Morgan fingerprint density at radius 1 is 0.917 bits per heavy atom. The number of hydrogen-bond donors (Lipinski definition) is 1. The summed E-state index contributed by atoms with van der Waals surface area (Å²) in [5.74, 6) is -1.19. The number of barbiturate groups is 1. The van der Waals surface area contributed by atoms with Crippen molar-refractivity contribution in [3.63, 3.8) is 0 Å². The minimum atomic E-state index is -0.903. The Labute approximate surface area is 216 Å². The van der Waals surface area contributed by atoms with E-state index >= 15 is 0 Å². The van der Waals surface area contributed by atoms with Gasteiger partial charge < -0.3 is 9.47 Å². The van der Waals surface area contributed by atoms with E-state index in [1.54, 1.807) is 37.3 Å². The first kappa shape index (κ1) is 25.2. The monoisotopic (exact) mass is 528 g/mol. The third-order valence-electron chi connectivity index (χ3n) is 5.15. The third kappa shape index (κ3) is 5.50. The van der Waals surface area contributed by atoms with Crippen LogP contribution in [0.5, 0.6) is 11.5 Å². The van der Waals surface area contributed by atoms with Gasteiger partial charge in [-0.25, -0.2) is 14.1 Å². The molecule has 1 saturated heterocycles. The zero-order valence-electron chi connectivity index (χ0n) is 18.9. The highest BCUT2D eigenvalue weighted by Gasteiger charge is 2.37. The highest BCUT2D eigenvalue weighted by atomic mass is 35.5. The number of amides is 4. The van der Waals surface area contributed by atoms with Crippen LogP contribution in [-0.4, -0.2) is 24.5 Å². The average molecular weight is 529 g/mol. The Hall–Kier alpha value is -3.88. The molecule has 1 N–H and O–H groups in total. The summed E-state index contributed by atoms with van der Waals surface area (Å²) in [6, 6.07) is 14.1. The number of anilines is 1. The second-order valence-corrected chi connectivity index (χ2v) is 8.42. The van der Waals surface area contributed by atoms with Gasteiger partial charge in [-0.15, -0.1) is 0 Å². The molecule has 0 unspecified atom stereocenters. The maximum absolute atomic E-state index is 13.1. The minimum absolute atomic E-state index is 0.148. The molecular weight excluding hydrogens is 510 g/mol. The van der Waals surface area contributed by atoms with Gasteiger partial charge in [0.2, 0.25) is 0 Å². The first-order chi connectivity index (χ1) is 17.3. The van der Waals surface area contributed by atoms with Gasteiger partial charge in [-0.1, -0.05) is 41.4 Å². The SMILES string of the molecule is CCOc1cc(/C=C2\C(=O)NC(=O)N(c3ccc(Cl)c(Cl)c3)C2=O)ccc1OCc1ccc(F)cc1. The second kappa shape index (κ2) is 10.8. The standard InChI is InChI=1S/C26H19Cl2FN2O5/c1-2-35-23-12-16(5-10-22(23)36-14-15-3-6-17(29)7-4-15)11-19-24(32)30-26(34)31(25(19)33)18-8-9-20(27)21(28)13-18/h3-13H,2,14H2,1H3,(H,30,32,34)/b19-11+. The van der Waals surface area contributed by atoms with E-state index in [0.717, 1.165) is 10.5 Å². The lowest BCUT2D eigenvalue weighted by atomic mass is 10.1. The molecule has 0 spiro atoms. The number of ether oxygens (including phenoxy) is 2. The number of hydrogen-bond acceptors (Lipinski definition) is 5. The van der Waals surface area contributed by atoms with E-state index in [2.05, 4.69) is 5.32 Å². The number of nitrogens with zero attached hydrogens (tertiary/aromatic N) is 1. The van der Waals surface area contributed by atoms with Crippen LogP contribution in [0.15, 0.2) is 66.2 Å². The molecule has 1 aliphatic rings. The van der Waals surface area contributed by atoms with Crippen molar-refractivity contribution in [2.45, 2.75) is 13.5 Å². The summed E-state index contributed by atoms with van der Waals surface area (Å²) in [6.07, 6.45) is 1.35. The molecule has 4 amide bonds. The van der Waals surface area contributed by atoms with E-state index in [-0.39, 0.29) is 33.7 Å². The quantitative estimate of drug-likeness (QED) is 0.310. The molecule has 184 valence electrons. The van der Waals surface area contributed by atoms with E-state index in [4.69, 9.17) is 32.7 Å². The van der Waals surface area contributed by atoms with E-state index in [1.807, 2.05) is 0 Å². The van der Waals surface area contributed by atoms with Crippen LogP contribution in [0.1, 0.15) is 18.1 Å². The topological polar surface area (TPSA) is 84.9 Å². The first-order valence-electron chi connectivity index (χ1n) is 10.8. The molecule has 7 nitrogen and oxygen atoms in total. The Balaban J connectivity index is 1.61. The molecule has 0 atom stereocenters. The molecule has 0 aliphatic carbocycles. The Morgan fingerprint density at radius 3 is 2.36 bits per heavy atom. The summed E-state index contributed by atoms with van der Waals surface area (Å²) in [6.45, 7) is 2.32. The van der Waals surface area contributed by atoms with Gasteiger partial charge in [0.15, 0.2) is 11.5 Å². The number of benzene rings is 3. The number of urea groups is 1. The summed E-state index contributed by atoms with van der Waals surface area (Å²) in [7, 11) is 0. The van der Waals surface area contributed by atoms with E-state index in [0.29, 0.717) is 23.7 Å². The molecule has 0 saturated carbocycles. The maximum Gasteiger partial charge on any atom is 0.335 e. The third-order valence-corrected chi connectivity index (χ3v) is 5.89. The normalized spacial score (nSPS) is 14.7. The number of rotatable bonds is 7. The fraction of sp³-hybridized carbons (Fsp3) is 0.115. The Kier molecular flexibility index (Phi) is 7.57. The summed E-state index contributed by atoms with van der Waals surface area (Å²) in [4.78, 5) is 38.8. The Morgan fingerprint density at radius 2 is 1.67 bits per heavy atom. The Bertz CT molecular complexity index is 1380. The smallest absolute Gasteiger partial charge is 0.335 e. The predicted molar refractivity (Wildman–Crippen MR) is 134 cm³/mol. The van der Waals surface area contributed by atoms with Gasteiger partial charge >= 0.3 is 6.03 Å². The molecule has 4 rings (SSSR count). The fourth-order valence-corrected chi connectivity index (χ4v) is 3.72.